The monoisotopic (exact) mass is 344 g/mol. The van der Waals surface area contributed by atoms with Crippen molar-refractivity contribution in [3.63, 3.8) is 0 Å². The van der Waals surface area contributed by atoms with Gasteiger partial charge in [-0.2, -0.15) is 0 Å². The van der Waals surface area contributed by atoms with Crippen LogP contribution in [-0.2, 0) is 11.2 Å². The molecular formula is C20H28N2O3. The summed E-state index contributed by atoms with van der Waals surface area (Å²) in [4.78, 5) is 13.0. The minimum absolute atomic E-state index is 0.0199. The van der Waals surface area contributed by atoms with Gasteiger partial charge in [0.1, 0.15) is 5.75 Å². The van der Waals surface area contributed by atoms with Gasteiger partial charge >= 0.3 is 0 Å². The van der Waals surface area contributed by atoms with Crippen LogP contribution in [0.5, 0.6) is 5.75 Å². The first-order chi connectivity index (χ1) is 12.0. The summed E-state index contributed by atoms with van der Waals surface area (Å²) in [5.41, 5.74) is 2.07. The molecule has 136 valence electrons. The second kappa shape index (κ2) is 6.61. The number of rotatable bonds is 4. The highest BCUT2D eigenvalue weighted by atomic mass is 16.5. The lowest BCUT2D eigenvalue weighted by molar-refractivity contribution is -0.133. The first-order valence-corrected chi connectivity index (χ1v) is 9.50. The Morgan fingerprint density at radius 2 is 2.12 bits per heavy atom. The molecule has 1 unspecified atom stereocenters. The van der Waals surface area contributed by atoms with Crippen LogP contribution < -0.4 is 15.4 Å². The fourth-order valence-corrected chi connectivity index (χ4v) is 4.30. The highest BCUT2D eigenvalue weighted by molar-refractivity contribution is 5.82. The Kier molecular flexibility index (Phi) is 4.46. The third-order valence-corrected chi connectivity index (χ3v) is 6.24. The van der Waals surface area contributed by atoms with Crippen LogP contribution in [0.1, 0.15) is 49.8 Å². The number of amides is 1. The second-order valence-corrected chi connectivity index (χ2v) is 8.11. The van der Waals surface area contributed by atoms with E-state index in [-0.39, 0.29) is 23.5 Å². The van der Waals surface area contributed by atoms with Crippen molar-refractivity contribution < 1.29 is 14.6 Å². The maximum Gasteiger partial charge on any atom is 0.226 e. The molecule has 1 aromatic rings. The van der Waals surface area contributed by atoms with Crippen molar-refractivity contribution in [1.82, 2.24) is 10.6 Å². The Bertz CT molecular complexity index is 648. The molecule has 0 aromatic heterocycles. The first-order valence-electron chi connectivity index (χ1n) is 9.50. The molecule has 3 aliphatic rings. The highest BCUT2D eigenvalue weighted by Crippen LogP contribution is 2.41. The molecule has 25 heavy (non-hydrogen) atoms. The van der Waals surface area contributed by atoms with E-state index in [0.29, 0.717) is 5.92 Å². The summed E-state index contributed by atoms with van der Waals surface area (Å²) in [7, 11) is 0. The standard InChI is InChI=1S/C20H28N2O3/c1-20(5-7-21-8-6-20)19(24)22-18(15-11-16(23)12-15)14-2-3-17-13(10-14)4-9-25-17/h2-3,10,15-16,18,21,23H,4-9,11-12H2,1H3,(H,22,24). The van der Waals surface area contributed by atoms with E-state index in [2.05, 4.69) is 29.7 Å². The minimum Gasteiger partial charge on any atom is -0.493 e. The molecule has 2 fully saturated rings. The zero-order valence-corrected chi connectivity index (χ0v) is 14.9. The van der Waals surface area contributed by atoms with Crippen LogP contribution in [0.4, 0.5) is 0 Å². The van der Waals surface area contributed by atoms with E-state index < -0.39 is 0 Å². The second-order valence-electron chi connectivity index (χ2n) is 8.11. The lowest BCUT2D eigenvalue weighted by Crippen LogP contribution is -2.49. The van der Waals surface area contributed by atoms with E-state index in [1.165, 1.54) is 5.56 Å². The quantitative estimate of drug-likeness (QED) is 0.781. The Morgan fingerprint density at radius 1 is 1.36 bits per heavy atom. The van der Waals surface area contributed by atoms with Gasteiger partial charge in [-0.15, -0.1) is 0 Å². The van der Waals surface area contributed by atoms with E-state index >= 15 is 0 Å². The zero-order valence-electron chi connectivity index (χ0n) is 14.9. The maximum atomic E-state index is 13.0. The van der Waals surface area contributed by atoms with Crippen LogP contribution in [0, 0.1) is 11.3 Å². The molecule has 3 N–H and O–H groups in total. The molecule has 0 radical (unpaired) electrons. The third-order valence-electron chi connectivity index (χ3n) is 6.24. The molecule has 1 amide bonds. The predicted octanol–water partition coefficient (Wildman–Crippen LogP) is 1.94. The van der Waals surface area contributed by atoms with Gasteiger partial charge in [0.05, 0.1) is 18.8 Å². The van der Waals surface area contributed by atoms with Gasteiger partial charge in [0, 0.05) is 11.8 Å². The van der Waals surface area contributed by atoms with Gasteiger partial charge in [-0.05, 0) is 68.0 Å². The number of carbonyl (C=O) groups excluding carboxylic acids is 1. The molecule has 5 heteroatoms. The van der Waals surface area contributed by atoms with Crippen molar-refractivity contribution in [1.29, 1.82) is 0 Å². The molecular weight excluding hydrogens is 316 g/mol. The Morgan fingerprint density at radius 3 is 2.84 bits per heavy atom. The van der Waals surface area contributed by atoms with E-state index in [1.807, 2.05) is 6.07 Å². The number of benzene rings is 1. The number of aliphatic hydroxyl groups is 1. The first kappa shape index (κ1) is 16.9. The van der Waals surface area contributed by atoms with Crippen LogP contribution >= 0.6 is 0 Å². The van der Waals surface area contributed by atoms with Gasteiger partial charge < -0.3 is 20.5 Å². The van der Waals surface area contributed by atoms with E-state index in [1.54, 1.807) is 0 Å². The zero-order chi connectivity index (χ0) is 17.4. The van der Waals surface area contributed by atoms with E-state index in [9.17, 15) is 9.90 Å². The van der Waals surface area contributed by atoms with E-state index in [4.69, 9.17) is 4.74 Å². The molecule has 2 aliphatic heterocycles. The SMILES string of the molecule is CC1(C(=O)NC(c2ccc3c(c2)CCO3)C2CC(O)C2)CCNCC1. The summed E-state index contributed by atoms with van der Waals surface area (Å²) in [5, 5.41) is 16.4. The maximum absolute atomic E-state index is 13.0. The summed E-state index contributed by atoms with van der Waals surface area (Å²) in [6.45, 7) is 4.61. The van der Waals surface area contributed by atoms with Crippen molar-refractivity contribution in [3.8, 4) is 5.75 Å². The van der Waals surface area contributed by atoms with Gasteiger partial charge in [-0.25, -0.2) is 0 Å². The summed E-state index contributed by atoms with van der Waals surface area (Å²) < 4.78 is 5.61. The molecule has 2 heterocycles. The Labute approximate surface area is 149 Å². The average Bonchev–Trinajstić information content (AvgIpc) is 3.05. The number of carbonyl (C=O) groups is 1. The lowest BCUT2D eigenvalue weighted by Gasteiger charge is -2.41. The highest BCUT2D eigenvalue weighted by Gasteiger charge is 2.40. The van der Waals surface area contributed by atoms with Crippen LogP contribution in [-0.4, -0.2) is 36.8 Å². The molecule has 5 nitrogen and oxygen atoms in total. The number of ether oxygens (including phenoxy) is 1. The molecule has 1 saturated heterocycles. The van der Waals surface area contributed by atoms with Gasteiger partial charge in [0.25, 0.3) is 0 Å². The van der Waals surface area contributed by atoms with Gasteiger partial charge in [-0.1, -0.05) is 13.0 Å². The molecule has 1 aromatic carbocycles. The number of hydrogen-bond acceptors (Lipinski definition) is 4. The number of nitrogens with one attached hydrogen (secondary N) is 2. The summed E-state index contributed by atoms with van der Waals surface area (Å²) in [6, 6.07) is 6.26. The van der Waals surface area contributed by atoms with Crippen molar-refractivity contribution in [2.75, 3.05) is 19.7 Å². The predicted molar refractivity (Wildman–Crippen MR) is 95.5 cm³/mol. The fourth-order valence-electron chi connectivity index (χ4n) is 4.30. The Balaban J connectivity index is 1.55. The van der Waals surface area contributed by atoms with Gasteiger partial charge in [0.2, 0.25) is 5.91 Å². The van der Waals surface area contributed by atoms with Crippen molar-refractivity contribution >= 4 is 5.91 Å². The molecule has 0 bridgehead atoms. The van der Waals surface area contributed by atoms with Crippen molar-refractivity contribution in [3.05, 3.63) is 29.3 Å². The van der Waals surface area contributed by atoms with Crippen LogP contribution in [0.25, 0.3) is 0 Å². The molecule has 1 aliphatic carbocycles. The normalized spacial score (nSPS) is 28.4. The Hall–Kier alpha value is -1.59. The van der Waals surface area contributed by atoms with Gasteiger partial charge in [0.15, 0.2) is 0 Å². The largest absolute Gasteiger partial charge is 0.493 e. The van der Waals surface area contributed by atoms with E-state index in [0.717, 1.165) is 63.1 Å². The lowest BCUT2D eigenvalue weighted by atomic mass is 9.73. The third kappa shape index (κ3) is 3.27. The van der Waals surface area contributed by atoms with Crippen LogP contribution in [0.3, 0.4) is 0 Å². The number of fused-ring (bicyclic) bond motifs is 1. The molecule has 4 rings (SSSR count). The number of aliphatic hydroxyl groups excluding tert-OH is 1. The summed E-state index contributed by atoms with van der Waals surface area (Å²) in [5.74, 6) is 1.43. The molecule has 1 atom stereocenters. The number of hydrogen-bond donors (Lipinski definition) is 3. The number of piperidine rings is 1. The van der Waals surface area contributed by atoms with Gasteiger partial charge in [-0.3, -0.25) is 4.79 Å². The smallest absolute Gasteiger partial charge is 0.226 e. The van der Waals surface area contributed by atoms with Crippen LogP contribution in [0.2, 0.25) is 0 Å². The molecule has 1 saturated carbocycles. The minimum atomic E-state index is -0.300. The average molecular weight is 344 g/mol. The fraction of sp³-hybridized carbons (Fsp3) is 0.650. The summed E-state index contributed by atoms with van der Waals surface area (Å²) in [6.07, 6.45) is 3.97. The van der Waals surface area contributed by atoms with Crippen LogP contribution in [0.15, 0.2) is 18.2 Å². The summed E-state index contributed by atoms with van der Waals surface area (Å²) >= 11 is 0. The van der Waals surface area contributed by atoms with Crippen molar-refractivity contribution in [2.45, 2.75) is 51.2 Å². The molecule has 0 spiro atoms. The van der Waals surface area contributed by atoms with Crippen molar-refractivity contribution in [2.24, 2.45) is 11.3 Å². The topological polar surface area (TPSA) is 70.6 Å².